The molecular weight excluding hydrogens is 218 g/mol. The lowest BCUT2D eigenvalue weighted by atomic mass is 10.3. The van der Waals surface area contributed by atoms with Crippen molar-refractivity contribution in [2.45, 2.75) is 13.3 Å². The Hall–Kier alpha value is -1.23. The van der Waals surface area contributed by atoms with Crippen LogP contribution in [0.1, 0.15) is 18.9 Å². The molecular formula is C9H8ClN3S. The molecule has 0 fully saturated rings. The highest BCUT2D eigenvalue weighted by Gasteiger charge is 2.10. The number of nitrogens with one attached hydrogen (secondary N) is 1. The number of halogens is 1. The molecule has 0 amide bonds. The van der Waals surface area contributed by atoms with Crippen molar-refractivity contribution in [1.29, 1.82) is 5.26 Å². The zero-order valence-electron chi connectivity index (χ0n) is 7.59. The highest BCUT2D eigenvalue weighted by molar-refractivity contribution is 7.10. The summed E-state index contributed by atoms with van der Waals surface area (Å²) in [5.41, 5.74) is 0.418. The lowest BCUT2D eigenvalue weighted by molar-refractivity contribution is 1.10. The number of anilines is 1. The van der Waals surface area contributed by atoms with E-state index >= 15 is 0 Å². The van der Waals surface area contributed by atoms with Crippen LogP contribution < -0.4 is 5.32 Å². The molecule has 0 aliphatic carbocycles. The standard InChI is InChI=1S/C9H8ClN3S/c1-2-3-4-5-12-9-7(6-11)8(10)13-14-9/h12H,4-5H2,1H3. The molecule has 14 heavy (non-hydrogen) atoms. The molecule has 72 valence electrons. The molecule has 0 aromatic carbocycles. The van der Waals surface area contributed by atoms with Crippen LogP contribution in [-0.4, -0.2) is 10.9 Å². The minimum Gasteiger partial charge on any atom is -0.374 e. The number of rotatable bonds is 3. The van der Waals surface area contributed by atoms with Crippen molar-refractivity contribution >= 4 is 28.1 Å². The zero-order valence-corrected chi connectivity index (χ0v) is 9.17. The first-order valence-electron chi connectivity index (χ1n) is 3.98. The van der Waals surface area contributed by atoms with Crippen molar-refractivity contribution in [2.24, 2.45) is 0 Å². The molecule has 5 heteroatoms. The first-order chi connectivity index (χ1) is 6.79. The van der Waals surface area contributed by atoms with Crippen LogP contribution in [0.3, 0.4) is 0 Å². The van der Waals surface area contributed by atoms with Crippen LogP contribution in [0.25, 0.3) is 0 Å². The van der Waals surface area contributed by atoms with Crippen molar-refractivity contribution < 1.29 is 0 Å². The van der Waals surface area contributed by atoms with Gasteiger partial charge in [0.05, 0.1) is 0 Å². The zero-order chi connectivity index (χ0) is 10.4. The van der Waals surface area contributed by atoms with E-state index in [0.717, 1.165) is 11.4 Å². The molecule has 1 N–H and O–H groups in total. The van der Waals surface area contributed by atoms with Gasteiger partial charge < -0.3 is 5.32 Å². The van der Waals surface area contributed by atoms with E-state index in [1.165, 1.54) is 11.5 Å². The Balaban J connectivity index is 2.58. The van der Waals surface area contributed by atoms with Gasteiger partial charge in [0.15, 0.2) is 5.15 Å². The molecule has 1 aromatic rings. The van der Waals surface area contributed by atoms with Gasteiger partial charge in [-0.05, 0) is 18.5 Å². The fourth-order valence-corrected chi connectivity index (χ4v) is 1.81. The molecule has 0 unspecified atom stereocenters. The third-order valence-corrected chi connectivity index (χ3v) is 2.65. The van der Waals surface area contributed by atoms with E-state index < -0.39 is 0 Å². The van der Waals surface area contributed by atoms with Gasteiger partial charge in [0, 0.05) is 13.0 Å². The quantitative estimate of drug-likeness (QED) is 0.635. The molecule has 3 nitrogen and oxygen atoms in total. The van der Waals surface area contributed by atoms with Crippen molar-refractivity contribution in [3.05, 3.63) is 10.7 Å². The minimum atomic E-state index is 0.265. The Morgan fingerprint density at radius 2 is 2.43 bits per heavy atom. The summed E-state index contributed by atoms with van der Waals surface area (Å²) in [4.78, 5) is 0. The van der Waals surface area contributed by atoms with E-state index in [1.54, 1.807) is 6.92 Å². The van der Waals surface area contributed by atoms with Crippen molar-refractivity contribution in [1.82, 2.24) is 4.37 Å². The maximum absolute atomic E-state index is 8.76. The van der Waals surface area contributed by atoms with E-state index in [-0.39, 0.29) is 5.15 Å². The van der Waals surface area contributed by atoms with Gasteiger partial charge in [-0.15, -0.1) is 11.8 Å². The third-order valence-electron chi connectivity index (χ3n) is 1.47. The van der Waals surface area contributed by atoms with E-state index in [9.17, 15) is 0 Å². The van der Waals surface area contributed by atoms with Gasteiger partial charge in [-0.3, -0.25) is 0 Å². The van der Waals surface area contributed by atoms with Crippen LogP contribution in [0.4, 0.5) is 5.00 Å². The van der Waals surface area contributed by atoms with E-state index in [0.29, 0.717) is 12.1 Å². The molecule has 0 radical (unpaired) electrons. The fourth-order valence-electron chi connectivity index (χ4n) is 0.852. The normalized spacial score (nSPS) is 8.64. The molecule has 0 aliphatic heterocycles. The highest BCUT2D eigenvalue weighted by Crippen LogP contribution is 2.27. The topological polar surface area (TPSA) is 48.7 Å². The molecule has 0 aliphatic rings. The smallest absolute Gasteiger partial charge is 0.162 e. The predicted octanol–water partition coefficient (Wildman–Crippen LogP) is 2.49. The Kier molecular flexibility index (Phi) is 4.25. The molecule has 1 rings (SSSR count). The van der Waals surface area contributed by atoms with Gasteiger partial charge in [0.2, 0.25) is 0 Å². The number of hydrogen-bond acceptors (Lipinski definition) is 4. The lowest BCUT2D eigenvalue weighted by Gasteiger charge is -1.98. The first-order valence-corrected chi connectivity index (χ1v) is 5.13. The molecule has 0 saturated heterocycles. The summed E-state index contributed by atoms with van der Waals surface area (Å²) in [5, 5.41) is 12.8. The number of hydrogen-bond donors (Lipinski definition) is 1. The summed E-state index contributed by atoms with van der Waals surface area (Å²) in [6, 6.07) is 2.00. The van der Waals surface area contributed by atoms with Gasteiger partial charge in [0.1, 0.15) is 16.6 Å². The molecule has 1 aromatic heterocycles. The van der Waals surface area contributed by atoms with Gasteiger partial charge in [-0.1, -0.05) is 11.6 Å². The molecule has 0 atom stereocenters. The second kappa shape index (κ2) is 5.49. The van der Waals surface area contributed by atoms with Crippen molar-refractivity contribution in [2.75, 3.05) is 11.9 Å². The summed E-state index contributed by atoms with van der Waals surface area (Å²) in [5.74, 6) is 5.71. The molecule has 0 saturated carbocycles. The van der Waals surface area contributed by atoms with E-state index in [2.05, 4.69) is 21.5 Å². The van der Waals surface area contributed by atoms with Crippen LogP contribution in [0.5, 0.6) is 0 Å². The number of aromatic nitrogens is 1. The molecule has 0 spiro atoms. The summed E-state index contributed by atoms with van der Waals surface area (Å²) in [6.07, 6.45) is 0.747. The van der Waals surface area contributed by atoms with Crippen LogP contribution in [-0.2, 0) is 0 Å². The minimum absolute atomic E-state index is 0.265. The van der Waals surface area contributed by atoms with E-state index in [1.807, 2.05) is 6.07 Å². The highest BCUT2D eigenvalue weighted by atomic mass is 35.5. The average Bonchev–Trinajstić information content (AvgIpc) is 2.54. The second-order valence-electron chi connectivity index (χ2n) is 2.39. The fraction of sp³-hybridized carbons (Fsp3) is 0.333. The maximum atomic E-state index is 8.76. The average molecular weight is 226 g/mol. The van der Waals surface area contributed by atoms with Gasteiger partial charge >= 0.3 is 0 Å². The third kappa shape index (κ3) is 2.63. The first kappa shape index (κ1) is 10.8. The van der Waals surface area contributed by atoms with Gasteiger partial charge in [0.25, 0.3) is 0 Å². The van der Waals surface area contributed by atoms with Crippen LogP contribution >= 0.6 is 23.1 Å². The Morgan fingerprint density at radius 1 is 1.64 bits per heavy atom. The van der Waals surface area contributed by atoms with Crippen LogP contribution in [0.15, 0.2) is 0 Å². The Labute approximate surface area is 91.9 Å². The predicted molar refractivity (Wildman–Crippen MR) is 58.4 cm³/mol. The van der Waals surface area contributed by atoms with Gasteiger partial charge in [-0.2, -0.15) is 9.64 Å². The maximum Gasteiger partial charge on any atom is 0.162 e. The molecule has 1 heterocycles. The summed E-state index contributed by atoms with van der Waals surface area (Å²) in [6.45, 7) is 2.50. The molecule has 0 bridgehead atoms. The monoisotopic (exact) mass is 225 g/mol. The van der Waals surface area contributed by atoms with Crippen LogP contribution in [0.2, 0.25) is 5.15 Å². The second-order valence-corrected chi connectivity index (χ2v) is 3.52. The van der Waals surface area contributed by atoms with Crippen molar-refractivity contribution in [3.8, 4) is 17.9 Å². The summed E-state index contributed by atoms with van der Waals surface area (Å²) < 4.78 is 3.87. The largest absolute Gasteiger partial charge is 0.374 e. The number of nitriles is 1. The van der Waals surface area contributed by atoms with Crippen LogP contribution in [0, 0.1) is 23.2 Å². The number of nitrogens with zero attached hydrogens (tertiary/aromatic N) is 2. The summed E-state index contributed by atoms with van der Waals surface area (Å²) >= 11 is 6.89. The lowest BCUT2D eigenvalue weighted by Crippen LogP contribution is -1.99. The Bertz CT molecular complexity index is 408. The Morgan fingerprint density at radius 3 is 3.07 bits per heavy atom. The van der Waals surface area contributed by atoms with Gasteiger partial charge in [-0.25, -0.2) is 0 Å². The van der Waals surface area contributed by atoms with E-state index in [4.69, 9.17) is 16.9 Å². The van der Waals surface area contributed by atoms with Crippen molar-refractivity contribution in [3.63, 3.8) is 0 Å². The summed E-state index contributed by atoms with van der Waals surface area (Å²) in [7, 11) is 0. The SMILES string of the molecule is CC#CCCNc1snc(Cl)c1C#N.